The van der Waals surface area contributed by atoms with Gasteiger partial charge >= 0.3 is 5.97 Å². The predicted molar refractivity (Wildman–Crippen MR) is 67.2 cm³/mol. The highest BCUT2D eigenvalue weighted by molar-refractivity contribution is 5.73. The van der Waals surface area contributed by atoms with Crippen LogP contribution in [-0.4, -0.2) is 26.2 Å². The predicted octanol–water partition coefficient (Wildman–Crippen LogP) is 2.44. The molecule has 1 aromatic rings. The number of hydrogen-bond acceptors (Lipinski definition) is 4. The van der Waals surface area contributed by atoms with Gasteiger partial charge in [0.15, 0.2) is 0 Å². The molecule has 0 saturated carbocycles. The summed E-state index contributed by atoms with van der Waals surface area (Å²) in [6.07, 6.45) is 0. The summed E-state index contributed by atoms with van der Waals surface area (Å²) in [5, 5.41) is 3.11. The van der Waals surface area contributed by atoms with Gasteiger partial charge in [-0.1, -0.05) is 0 Å². The van der Waals surface area contributed by atoms with Gasteiger partial charge < -0.3 is 14.8 Å². The average Bonchev–Trinajstić information content (AvgIpc) is 2.38. The van der Waals surface area contributed by atoms with Crippen LogP contribution in [0.4, 0.5) is 10.1 Å². The second-order valence-electron chi connectivity index (χ2n) is 4.09. The van der Waals surface area contributed by atoms with Gasteiger partial charge in [-0.15, -0.1) is 0 Å². The molecule has 1 N–H and O–H groups in total. The first kappa shape index (κ1) is 14.3. The van der Waals surface area contributed by atoms with Crippen molar-refractivity contribution in [3.05, 3.63) is 24.0 Å². The zero-order valence-electron chi connectivity index (χ0n) is 11.0. The molecule has 0 aliphatic carbocycles. The number of rotatable bonds is 5. The fraction of sp³-hybridized carbons (Fsp3) is 0.462. The lowest BCUT2D eigenvalue weighted by Gasteiger charge is -2.21. The van der Waals surface area contributed by atoms with Crippen LogP contribution in [0.25, 0.3) is 0 Å². The molecule has 0 aromatic heterocycles. The second-order valence-corrected chi connectivity index (χ2v) is 4.09. The van der Waals surface area contributed by atoms with Crippen LogP contribution in [0.1, 0.15) is 13.8 Å². The summed E-state index contributed by atoms with van der Waals surface area (Å²) in [6.45, 7) is 3.61. The number of nitrogens with one attached hydrogen (secondary N) is 1. The van der Waals surface area contributed by atoms with E-state index in [2.05, 4.69) is 10.1 Å². The highest BCUT2D eigenvalue weighted by Crippen LogP contribution is 2.26. The molecular formula is C13H18FNO3. The number of benzene rings is 1. The molecule has 5 heteroatoms. The minimum atomic E-state index is -0.369. The molecule has 0 saturated heterocycles. The first-order valence-corrected chi connectivity index (χ1v) is 5.67. The average molecular weight is 255 g/mol. The second kappa shape index (κ2) is 6.23. The zero-order chi connectivity index (χ0) is 13.7. The van der Waals surface area contributed by atoms with Crippen LogP contribution in [-0.2, 0) is 9.53 Å². The Morgan fingerprint density at radius 3 is 2.56 bits per heavy atom. The van der Waals surface area contributed by atoms with E-state index in [1.54, 1.807) is 13.0 Å². The third-order valence-corrected chi connectivity index (χ3v) is 2.87. The molecule has 2 unspecified atom stereocenters. The van der Waals surface area contributed by atoms with E-state index in [9.17, 15) is 9.18 Å². The molecule has 0 bridgehead atoms. The maximum absolute atomic E-state index is 13.0. The largest absolute Gasteiger partial charge is 0.494 e. The van der Waals surface area contributed by atoms with Crippen LogP contribution in [0.2, 0.25) is 0 Å². The van der Waals surface area contributed by atoms with E-state index in [0.717, 1.165) is 0 Å². The Hall–Kier alpha value is -1.78. The Kier molecular flexibility index (Phi) is 4.95. The maximum Gasteiger partial charge on any atom is 0.310 e. The van der Waals surface area contributed by atoms with Gasteiger partial charge in [0.1, 0.15) is 11.6 Å². The van der Waals surface area contributed by atoms with Gasteiger partial charge in [-0.3, -0.25) is 4.79 Å². The van der Waals surface area contributed by atoms with Gasteiger partial charge in [0.25, 0.3) is 0 Å². The molecule has 0 spiro atoms. The topological polar surface area (TPSA) is 47.6 Å². The molecule has 0 amide bonds. The van der Waals surface area contributed by atoms with E-state index >= 15 is 0 Å². The first-order valence-electron chi connectivity index (χ1n) is 5.67. The van der Waals surface area contributed by atoms with Crippen molar-refractivity contribution in [3.63, 3.8) is 0 Å². The summed E-state index contributed by atoms with van der Waals surface area (Å²) in [6, 6.07) is 4.05. The van der Waals surface area contributed by atoms with Crippen LogP contribution in [0, 0.1) is 11.7 Å². The highest BCUT2D eigenvalue weighted by atomic mass is 19.1. The van der Waals surface area contributed by atoms with Crippen molar-refractivity contribution in [2.24, 2.45) is 5.92 Å². The fourth-order valence-corrected chi connectivity index (χ4v) is 1.54. The standard InChI is InChI=1S/C13H18FNO3/c1-8(13(16)18-4)9(2)15-11-6-5-10(14)7-12(11)17-3/h5-9,15H,1-4H3. The lowest BCUT2D eigenvalue weighted by atomic mass is 10.0. The number of halogens is 1. The van der Waals surface area contributed by atoms with E-state index in [1.165, 1.54) is 26.4 Å². The van der Waals surface area contributed by atoms with Crippen molar-refractivity contribution in [1.82, 2.24) is 0 Å². The summed E-state index contributed by atoms with van der Waals surface area (Å²) >= 11 is 0. The molecule has 0 fully saturated rings. The normalized spacial score (nSPS) is 13.6. The summed E-state index contributed by atoms with van der Waals surface area (Å²) in [5.74, 6) is -0.578. The van der Waals surface area contributed by atoms with Crippen molar-refractivity contribution in [2.75, 3.05) is 19.5 Å². The number of carbonyl (C=O) groups is 1. The van der Waals surface area contributed by atoms with Crippen molar-refractivity contribution in [2.45, 2.75) is 19.9 Å². The van der Waals surface area contributed by atoms with E-state index in [1.807, 2.05) is 6.92 Å². The minimum Gasteiger partial charge on any atom is -0.494 e. The number of hydrogen-bond donors (Lipinski definition) is 1. The molecule has 100 valence electrons. The Bertz CT molecular complexity index is 423. The molecule has 0 radical (unpaired) electrons. The van der Waals surface area contributed by atoms with Gasteiger partial charge in [-0.2, -0.15) is 0 Å². The molecule has 0 aliphatic rings. The molecule has 1 rings (SSSR count). The van der Waals surface area contributed by atoms with Crippen LogP contribution in [0.5, 0.6) is 5.75 Å². The van der Waals surface area contributed by atoms with Crippen molar-refractivity contribution < 1.29 is 18.7 Å². The van der Waals surface area contributed by atoms with Crippen LogP contribution >= 0.6 is 0 Å². The number of esters is 1. The summed E-state index contributed by atoms with van der Waals surface area (Å²) in [5.41, 5.74) is 0.641. The highest BCUT2D eigenvalue weighted by Gasteiger charge is 2.21. The summed E-state index contributed by atoms with van der Waals surface area (Å²) < 4.78 is 22.8. The quantitative estimate of drug-likeness (QED) is 0.821. The SMILES string of the molecule is COC(=O)C(C)C(C)Nc1ccc(F)cc1OC. The molecule has 2 atom stereocenters. The Balaban J connectivity index is 2.81. The van der Waals surface area contributed by atoms with Crippen LogP contribution in [0.15, 0.2) is 18.2 Å². The van der Waals surface area contributed by atoms with E-state index in [0.29, 0.717) is 11.4 Å². The van der Waals surface area contributed by atoms with Crippen LogP contribution < -0.4 is 10.1 Å². The Morgan fingerprint density at radius 1 is 1.33 bits per heavy atom. The maximum atomic E-state index is 13.0. The Morgan fingerprint density at radius 2 is 2.00 bits per heavy atom. The van der Waals surface area contributed by atoms with Crippen LogP contribution in [0.3, 0.4) is 0 Å². The van der Waals surface area contributed by atoms with Gasteiger partial charge in [-0.25, -0.2) is 4.39 Å². The zero-order valence-corrected chi connectivity index (χ0v) is 11.0. The monoisotopic (exact) mass is 255 g/mol. The van der Waals surface area contributed by atoms with Crippen molar-refractivity contribution in [3.8, 4) is 5.75 Å². The lowest BCUT2D eigenvalue weighted by molar-refractivity contribution is -0.145. The number of carbonyl (C=O) groups excluding carboxylic acids is 1. The molecule has 4 nitrogen and oxygen atoms in total. The first-order chi connectivity index (χ1) is 8.49. The number of anilines is 1. The fourth-order valence-electron chi connectivity index (χ4n) is 1.54. The molecule has 18 heavy (non-hydrogen) atoms. The van der Waals surface area contributed by atoms with Gasteiger partial charge in [0.2, 0.25) is 0 Å². The molecule has 1 aromatic carbocycles. The van der Waals surface area contributed by atoms with Gasteiger partial charge in [-0.05, 0) is 26.0 Å². The molecule has 0 heterocycles. The number of ether oxygens (including phenoxy) is 2. The van der Waals surface area contributed by atoms with Gasteiger partial charge in [0, 0.05) is 12.1 Å². The van der Waals surface area contributed by atoms with Crippen molar-refractivity contribution in [1.29, 1.82) is 0 Å². The Labute approximate surface area is 106 Å². The molecular weight excluding hydrogens is 237 g/mol. The summed E-state index contributed by atoms with van der Waals surface area (Å²) in [4.78, 5) is 11.4. The lowest BCUT2D eigenvalue weighted by Crippen LogP contribution is -2.30. The molecule has 0 aliphatic heterocycles. The minimum absolute atomic E-state index is 0.156. The van der Waals surface area contributed by atoms with E-state index < -0.39 is 0 Å². The van der Waals surface area contributed by atoms with E-state index in [-0.39, 0.29) is 23.7 Å². The van der Waals surface area contributed by atoms with Gasteiger partial charge in [0.05, 0.1) is 25.8 Å². The smallest absolute Gasteiger partial charge is 0.310 e. The third kappa shape index (κ3) is 3.35. The van der Waals surface area contributed by atoms with Crippen molar-refractivity contribution >= 4 is 11.7 Å². The number of methoxy groups -OCH3 is 2. The van der Waals surface area contributed by atoms with E-state index in [4.69, 9.17) is 4.74 Å². The third-order valence-electron chi connectivity index (χ3n) is 2.87. The summed E-state index contributed by atoms with van der Waals surface area (Å²) in [7, 11) is 2.82.